The van der Waals surface area contributed by atoms with E-state index >= 15 is 0 Å². The Morgan fingerprint density at radius 1 is 0.333 bits per heavy atom. The number of rotatable bonds is 23. The molecule has 0 bridgehead atoms. The van der Waals surface area contributed by atoms with Crippen LogP contribution in [0.25, 0.3) is 0 Å². The zero-order chi connectivity index (χ0) is 43.6. The third-order valence-corrected chi connectivity index (χ3v) is 13.1. The van der Waals surface area contributed by atoms with Gasteiger partial charge in [0.25, 0.3) is 8.53 Å². The van der Waals surface area contributed by atoms with Gasteiger partial charge in [-0.1, -0.05) is 182 Å². The van der Waals surface area contributed by atoms with Crippen molar-refractivity contribution in [1.82, 2.24) is 4.67 Å². The number of hydrogen-bond donors (Lipinski definition) is 0. The van der Waals surface area contributed by atoms with E-state index in [0.29, 0.717) is 39.6 Å². The van der Waals surface area contributed by atoms with Crippen molar-refractivity contribution in [3.8, 4) is 0 Å². The molecule has 63 heavy (non-hydrogen) atoms. The topological polar surface area (TPSA) is 67.9 Å². The van der Waals surface area contributed by atoms with Crippen molar-refractivity contribution >= 4 is 8.53 Å². The minimum atomic E-state index is -1.71. The Bertz CT molecular complexity index is 2030. The molecule has 6 aromatic carbocycles. The molecule has 0 saturated heterocycles. The maximum absolute atomic E-state index is 7.58. The standard InChI is InChI=1S/C54H62NO7P/c1-41(2)55(42(3)4)63(61-40-48-33-21-10-22-34-48)62-54-52(59-38-46-29-17-8-18-30-46)50(57-36-44-25-13-6-14-26-44)49(56-35-43-23-11-5-12-24-43)51(58-37-45-27-15-7-16-28-45)53(54)60-39-47-31-19-9-20-32-47/h5-34,41-42,49-54H,35-40H2,1-4H3/t49?,50-,51+,52-,53-,54?,63?/m0/s1. The van der Waals surface area contributed by atoms with Crippen molar-refractivity contribution in [1.29, 1.82) is 0 Å². The van der Waals surface area contributed by atoms with Crippen LogP contribution in [-0.4, -0.2) is 53.4 Å². The molecule has 0 N–H and O–H groups in total. The molecule has 9 heteroatoms. The average Bonchev–Trinajstić information content (AvgIpc) is 3.32. The summed E-state index contributed by atoms with van der Waals surface area (Å²) in [6.45, 7) is 10.7. The third-order valence-electron chi connectivity index (χ3n) is 11.0. The van der Waals surface area contributed by atoms with E-state index in [0.717, 1.165) is 33.4 Å². The first-order valence-corrected chi connectivity index (χ1v) is 23.3. The number of benzene rings is 6. The molecular formula is C54H62NO7P. The molecule has 0 amide bonds. The van der Waals surface area contributed by atoms with Gasteiger partial charge < -0.3 is 32.7 Å². The van der Waals surface area contributed by atoms with Gasteiger partial charge in [-0.05, 0) is 61.1 Å². The van der Waals surface area contributed by atoms with E-state index in [1.807, 2.05) is 109 Å². The Morgan fingerprint density at radius 3 is 0.794 bits per heavy atom. The Balaban J connectivity index is 1.36. The summed E-state index contributed by atoms with van der Waals surface area (Å²) in [6.07, 6.45) is -4.12. The van der Waals surface area contributed by atoms with Gasteiger partial charge >= 0.3 is 0 Å². The molecule has 7 atom stereocenters. The van der Waals surface area contributed by atoms with Crippen LogP contribution in [0.2, 0.25) is 0 Å². The van der Waals surface area contributed by atoms with Gasteiger partial charge in [-0.3, -0.25) is 0 Å². The van der Waals surface area contributed by atoms with E-state index < -0.39 is 45.1 Å². The molecule has 8 nitrogen and oxygen atoms in total. The van der Waals surface area contributed by atoms with Crippen molar-refractivity contribution in [3.63, 3.8) is 0 Å². The molecule has 7 rings (SSSR count). The van der Waals surface area contributed by atoms with Crippen LogP contribution in [-0.2, 0) is 72.4 Å². The Hall–Kier alpha value is -4.57. The highest BCUT2D eigenvalue weighted by Crippen LogP contribution is 2.51. The Kier molecular flexibility index (Phi) is 18.0. The van der Waals surface area contributed by atoms with Crippen molar-refractivity contribution < 1.29 is 32.7 Å². The quantitative estimate of drug-likeness (QED) is 0.0590. The second-order valence-corrected chi connectivity index (χ2v) is 17.8. The normalized spacial score (nSPS) is 20.6. The van der Waals surface area contributed by atoms with Crippen LogP contribution in [0.3, 0.4) is 0 Å². The third kappa shape index (κ3) is 13.7. The summed E-state index contributed by atoms with van der Waals surface area (Å²) in [5.74, 6) is 0. The minimum absolute atomic E-state index is 0.0973. The van der Waals surface area contributed by atoms with E-state index in [1.54, 1.807) is 0 Å². The fourth-order valence-electron chi connectivity index (χ4n) is 7.96. The fraction of sp³-hybridized carbons (Fsp3) is 0.333. The van der Waals surface area contributed by atoms with Crippen LogP contribution in [0.1, 0.15) is 61.1 Å². The van der Waals surface area contributed by atoms with Crippen LogP contribution >= 0.6 is 8.53 Å². The van der Waals surface area contributed by atoms with Gasteiger partial charge in [0, 0.05) is 12.1 Å². The maximum Gasteiger partial charge on any atom is 0.260 e. The van der Waals surface area contributed by atoms with Crippen molar-refractivity contribution in [2.45, 2.75) is 116 Å². The molecule has 6 aromatic rings. The molecular weight excluding hydrogens is 806 g/mol. The summed E-state index contributed by atoms with van der Waals surface area (Å²) in [5.41, 5.74) is 6.20. The molecule has 0 radical (unpaired) electrons. The molecule has 3 unspecified atom stereocenters. The first-order valence-electron chi connectivity index (χ1n) is 22.1. The van der Waals surface area contributed by atoms with E-state index in [4.69, 9.17) is 32.7 Å². The highest BCUT2D eigenvalue weighted by molar-refractivity contribution is 7.44. The highest BCUT2D eigenvalue weighted by atomic mass is 31.2. The van der Waals surface area contributed by atoms with Gasteiger partial charge in [0.1, 0.15) is 36.6 Å². The van der Waals surface area contributed by atoms with Gasteiger partial charge in [-0.25, -0.2) is 4.67 Å². The molecule has 1 aliphatic rings. The number of nitrogens with zero attached hydrogens (tertiary/aromatic N) is 1. The lowest BCUT2D eigenvalue weighted by atomic mass is 9.83. The van der Waals surface area contributed by atoms with Gasteiger partial charge in [0.05, 0.1) is 39.6 Å². The summed E-state index contributed by atoms with van der Waals surface area (Å²) < 4.78 is 52.6. The maximum atomic E-state index is 7.58. The smallest absolute Gasteiger partial charge is 0.260 e. The van der Waals surface area contributed by atoms with Crippen molar-refractivity contribution in [3.05, 3.63) is 215 Å². The Labute approximate surface area is 376 Å². The van der Waals surface area contributed by atoms with Crippen LogP contribution in [0.4, 0.5) is 0 Å². The lowest BCUT2D eigenvalue weighted by molar-refractivity contribution is -0.279. The molecule has 0 heterocycles. The first-order chi connectivity index (χ1) is 30.9. The monoisotopic (exact) mass is 867 g/mol. The minimum Gasteiger partial charge on any atom is -0.368 e. The summed E-state index contributed by atoms with van der Waals surface area (Å²) in [7, 11) is -1.71. The molecule has 1 saturated carbocycles. The summed E-state index contributed by atoms with van der Waals surface area (Å²) in [6, 6.07) is 61.6. The molecule has 0 spiro atoms. The van der Waals surface area contributed by atoms with Crippen LogP contribution < -0.4 is 0 Å². The van der Waals surface area contributed by atoms with Gasteiger partial charge in [0.2, 0.25) is 0 Å². The second-order valence-electron chi connectivity index (χ2n) is 16.4. The largest absolute Gasteiger partial charge is 0.368 e. The summed E-state index contributed by atoms with van der Waals surface area (Å²) >= 11 is 0. The number of ether oxygens (including phenoxy) is 5. The summed E-state index contributed by atoms with van der Waals surface area (Å²) in [5, 5.41) is 0. The zero-order valence-corrected chi connectivity index (χ0v) is 37.8. The van der Waals surface area contributed by atoms with Crippen LogP contribution in [0, 0.1) is 0 Å². The number of hydrogen-bond acceptors (Lipinski definition) is 8. The SMILES string of the molecule is CC(C)N(C(C)C)P(OCc1ccccc1)OC1[C@@H](OCc2ccccc2)[C@H](OCc2ccccc2)C(OCc2ccccc2)[C@H](OCc2ccccc2)[C@@H]1OCc1ccccc1. The predicted molar refractivity (Wildman–Crippen MR) is 250 cm³/mol. The zero-order valence-electron chi connectivity index (χ0n) is 36.9. The second kappa shape index (κ2) is 24.5. The first kappa shape index (κ1) is 46.4. The Morgan fingerprint density at radius 2 is 0.556 bits per heavy atom. The highest BCUT2D eigenvalue weighted by Gasteiger charge is 2.56. The van der Waals surface area contributed by atoms with Crippen molar-refractivity contribution in [2.75, 3.05) is 0 Å². The van der Waals surface area contributed by atoms with Crippen LogP contribution in [0.5, 0.6) is 0 Å². The molecule has 1 fully saturated rings. The van der Waals surface area contributed by atoms with E-state index in [-0.39, 0.29) is 12.1 Å². The lowest BCUT2D eigenvalue weighted by Crippen LogP contribution is -2.67. The van der Waals surface area contributed by atoms with Gasteiger partial charge in [0.15, 0.2) is 0 Å². The van der Waals surface area contributed by atoms with Gasteiger partial charge in [-0.15, -0.1) is 0 Å². The summed E-state index contributed by atoms with van der Waals surface area (Å²) in [4.78, 5) is 0. The van der Waals surface area contributed by atoms with Crippen molar-refractivity contribution in [2.24, 2.45) is 0 Å². The molecule has 0 aromatic heterocycles. The van der Waals surface area contributed by atoms with E-state index in [2.05, 4.69) is 105 Å². The average molecular weight is 868 g/mol. The van der Waals surface area contributed by atoms with E-state index in [9.17, 15) is 0 Å². The van der Waals surface area contributed by atoms with Gasteiger partial charge in [-0.2, -0.15) is 0 Å². The molecule has 330 valence electrons. The van der Waals surface area contributed by atoms with Crippen LogP contribution in [0.15, 0.2) is 182 Å². The fourth-order valence-corrected chi connectivity index (χ4v) is 9.72. The van der Waals surface area contributed by atoms with E-state index in [1.165, 1.54) is 0 Å². The lowest BCUT2D eigenvalue weighted by Gasteiger charge is -2.51. The molecule has 0 aliphatic heterocycles. The predicted octanol–water partition coefficient (Wildman–Crippen LogP) is 11.9. The molecule has 1 aliphatic carbocycles.